The zero-order valence-corrected chi connectivity index (χ0v) is 16.3. The van der Waals surface area contributed by atoms with Crippen LogP contribution in [0.15, 0.2) is 78.9 Å². The van der Waals surface area contributed by atoms with E-state index >= 15 is 0 Å². The summed E-state index contributed by atoms with van der Waals surface area (Å²) < 4.78 is 20.3. The van der Waals surface area contributed by atoms with Crippen molar-refractivity contribution in [3.63, 3.8) is 0 Å². The van der Waals surface area contributed by atoms with Crippen molar-refractivity contribution < 1.29 is 14.2 Å². The lowest BCUT2D eigenvalue weighted by atomic mass is 9.96. The van der Waals surface area contributed by atoms with E-state index in [1.807, 2.05) is 60.7 Å². The van der Waals surface area contributed by atoms with E-state index in [4.69, 9.17) is 4.74 Å². The first kappa shape index (κ1) is 19.4. The first-order valence-electron chi connectivity index (χ1n) is 9.83. The van der Waals surface area contributed by atoms with Crippen molar-refractivity contribution in [2.75, 3.05) is 25.0 Å². The highest BCUT2D eigenvalue weighted by atomic mass is 19.1. The summed E-state index contributed by atoms with van der Waals surface area (Å²) in [5.74, 6) is 0.441. The van der Waals surface area contributed by atoms with Gasteiger partial charge in [0.25, 0.3) is 0 Å². The number of nitrogens with zero attached hydrogens (tertiary/aromatic N) is 1. The Labute approximate surface area is 170 Å². The fraction of sp³-hybridized carbons (Fsp3) is 0.250. The number of nitrogens with one attached hydrogen (secondary N) is 1. The number of aliphatic hydroxyl groups is 1. The SMILES string of the molecule is CNCC(O)C(c1cccc(F)c1)N1CC(c2ccccc2)Oc2ccccc21. The van der Waals surface area contributed by atoms with Crippen molar-refractivity contribution in [2.24, 2.45) is 0 Å². The number of ether oxygens (including phenoxy) is 1. The van der Waals surface area contributed by atoms with E-state index in [0.717, 1.165) is 22.6 Å². The Morgan fingerprint density at radius 3 is 2.59 bits per heavy atom. The maximum Gasteiger partial charge on any atom is 0.143 e. The van der Waals surface area contributed by atoms with Gasteiger partial charge >= 0.3 is 0 Å². The first-order valence-corrected chi connectivity index (χ1v) is 9.83. The summed E-state index contributed by atoms with van der Waals surface area (Å²) in [6, 6.07) is 23.9. The molecule has 4 rings (SSSR count). The van der Waals surface area contributed by atoms with Gasteiger partial charge in [0.15, 0.2) is 0 Å². The molecule has 0 radical (unpaired) electrons. The number of benzene rings is 3. The van der Waals surface area contributed by atoms with Crippen LogP contribution in [0.4, 0.5) is 10.1 Å². The predicted octanol–water partition coefficient (Wildman–Crippen LogP) is 4.09. The van der Waals surface area contributed by atoms with Gasteiger partial charge in [-0.05, 0) is 42.4 Å². The van der Waals surface area contributed by atoms with Crippen LogP contribution in [0.2, 0.25) is 0 Å². The largest absolute Gasteiger partial charge is 0.482 e. The average molecular weight is 392 g/mol. The second-order valence-electron chi connectivity index (χ2n) is 7.26. The topological polar surface area (TPSA) is 44.7 Å². The minimum Gasteiger partial charge on any atom is -0.482 e. The lowest BCUT2D eigenvalue weighted by molar-refractivity contribution is 0.124. The van der Waals surface area contributed by atoms with Crippen LogP contribution in [-0.4, -0.2) is 31.3 Å². The molecule has 0 saturated heterocycles. The number of fused-ring (bicyclic) bond motifs is 1. The summed E-state index contributed by atoms with van der Waals surface area (Å²) >= 11 is 0. The van der Waals surface area contributed by atoms with Crippen LogP contribution in [0.3, 0.4) is 0 Å². The van der Waals surface area contributed by atoms with Gasteiger partial charge in [-0.3, -0.25) is 0 Å². The molecule has 29 heavy (non-hydrogen) atoms. The molecule has 0 spiro atoms. The fourth-order valence-corrected chi connectivity index (χ4v) is 3.99. The molecule has 0 saturated carbocycles. The Morgan fingerprint density at radius 2 is 1.83 bits per heavy atom. The van der Waals surface area contributed by atoms with Crippen molar-refractivity contribution in [1.82, 2.24) is 5.32 Å². The summed E-state index contributed by atoms with van der Waals surface area (Å²) in [5.41, 5.74) is 2.69. The standard InChI is InChI=1S/C24H25FN2O2/c1-26-15-21(28)24(18-10-7-11-19(25)14-18)27-16-23(17-8-3-2-4-9-17)29-22-13-6-5-12-20(22)27/h2-14,21,23-24,26,28H,15-16H2,1H3. The summed E-state index contributed by atoms with van der Waals surface area (Å²) in [4.78, 5) is 2.13. The Kier molecular flexibility index (Phi) is 5.79. The van der Waals surface area contributed by atoms with E-state index in [1.54, 1.807) is 13.1 Å². The zero-order valence-electron chi connectivity index (χ0n) is 16.3. The zero-order chi connectivity index (χ0) is 20.2. The van der Waals surface area contributed by atoms with Crippen LogP contribution >= 0.6 is 0 Å². The molecule has 0 amide bonds. The van der Waals surface area contributed by atoms with E-state index in [2.05, 4.69) is 10.2 Å². The maximum atomic E-state index is 14.0. The molecule has 4 nitrogen and oxygen atoms in total. The molecule has 3 aromatic rings. The normalized spacial score (nSPS) is 17.9. The lowest BCUT2D eigenvalue weighted by Crippen LogP contribution is -2.45. The van der Waals surface area contributed by atoms with Gasteiger partial charge in [-0.15, -0.1) is 0 Å². The van der Waals surface area contributed by atoms with Crippen molar-refractivity contribution in [2.45, 2.75) is 18.2 Å². The average Bonchev–Trinajstić information content (AvgIpc) is 2.75. The van der Waals surface area contributed by atoms with E-state index in [9.17, 15) is 9.50 Å². The molecule has 0 aliphatic carbocycles. The minimum atomic E-state index is -0.732. The predicted molar refractivity (Wildman–Crippen MR) is 113 cm³/mol. The fourth-order valence-electron chi connectivity index (χ4n) is 3.99. The third-order valence-corrected chi connectivity index (χ3v) is 5.28. The Bertz CT molecular complexity index is 950. The summed E-state index contributed by atoms with van der Waals surface area (Å²) in [6.07, 6.45) is -0.923. The monoisotopic (exact) mass is 392 g/mol. The van der Waals surface area contributed by atoms with Crippen LogP contribution in [0, 0.1) is 5.82 Å². The third-order valence-electron chi connectivity index (χ3n) is 5.28. The highest BCUT2D eigenvalue weighted by molar-refractivity contribution is 5.62. The van der Waals surface area contributed by atoms with Gasteiger partial charge in [-0.1, -0.05) is 54.6 Å². The first-order chi connectivity index (χ1) is 14.2. The molecule has 3 unspecified atom stereocenters. The summed E-state index contributed by atoms with van der Waals surface area (Å²) in [5, 5.41) is 14.1. The van der Waals surface area contributed by atoms with Crippen LogP contribution in [0.1, 0.15) is 23.3 Å². The molecule has 1 aliphatic heterocycles. The van der Waals surface area contributed by atoms with E-state index in [0.29, 0.717) is 13.1 Å². The number of para-hydroxylation sites is 2. The molecule has 1 aliphatic rings. The molecular formula is C24H25FN2O2. The third kappa shape index (κ3) is 4.11. The smallest absolute Gasteiger partial charge is 0.143 e. The van der Waals surface area contributed by atoms with Gasteiger partial charge < -0.3 is 20.1 Å². The van der Waals surface area contributed by atoms with Crippen molar-refractivity contribution >= 4 is 5.69 Å². The molecule has 0 fully saturated rings. The van der Waals surface area contributed by atoms with Crippen molar-refractivity contribution in [3.05, 3.63) is 95.8 Å². The van der Waals surface area contributed by atoms with Crippen LogP contribution < -0.4 is 15.0 Å². The molecule has 0 bridgehead atoms. The second-order valence-corrected chi connectivity index (χ2v) is 7.26. The number of hydrogen-bond donors (Lipinski definition) is 2. The van der Waals surface area contributed by atoms with E-state index < -0.39 is 12.1 Å². The molecule has 5 heteroatoms. The molecular weight excluding hydrogens is 367 g/mol. The van der Waals surface area contributed by atoms with Gasteiger partial charge in [0.2, 0.25) is 0 Å². The van der Waals surface area contributed by atoms with E-state index in [-0.39, 0.29) is 11.9 Å². The maximum absolute atomic E-state index is 14.0. The number of hydrogen-bond acceptors (Lipinski definition) is 4. The summed E-state index contributed by atoms with van der Waals surface area (Å²) in [6.45, 7) is 0.930. The van der Waals surface area contributed by atoms with Crippen LogP contribution in [0.25, 0.3) is 0 Å². The van der Waals surface area contributed by atoms with Crippen LogP contribution in [-0.2, 0) is 0 Å². The van der Waals surface area contributed by atoms with Gasteiger partial charge in [0, 0.05) is 6.54 Å². The molecule has 1 heterocycles. The Hall–Kier alpha value is -2.89. The number of likely N-dealkylation sites (N-methyl/N-ethyl adjacent to an activating group) is 1. The number of anilines is 1. The number of rotatable bonds is 6. The molecule has 3 aromatic carbocycles. The summed E-state index contributed by atoms with van der Waals surface area (Å²) in [7, 11) is 1.80. The van der Waals surface area contributed by atoms with E-state index in [1.165, 1.54) is 12.1 Å². The number of halogens is 1. The molecule has 2 N–H and O–H groups in total. The van der Waals surface area contributed by atoms with Gasteiger partial charge in [-0.25, -0.2) is 4.39 Å². The highest BCUT2D eigenvalue weighted by Crippen LogP contribution is 2.43. The number of aliphatic hydroxyl groups excluding tert-OH is 1. The Morgan fingerprint density at radius 1 is 1.07 bits per heavy atom. The lowest BCUT2D eigenvalue weighted by Gasteiger charge is -2.43. The van der Waals surface area contributed by atoms with Gasteiger partial charge in [0.1, 0.15) is 17.7 Å². The van der Waals surface area contributed by atoms with Crippen LogP contribution in [0.5, 0.6) is 5.75 Å². The quantitative estimate of drug-likeness (QED) is 0.663. The molecule has 3 atom stereocenters. The minimum absolute atomic E-state index is 0.191. The van der Waals surface area contributed by atoms with Crippen molar-refractivity contribution in [3.8, 4) is 5.75 Å². The van der Waals surface area contributed by atoms with Gasteiger partial charge in [0.05, 0.1) is 24.4 Å². The Balaban J connectivity index is 1.79. The molecule has 0 aromatic heterocycles. The van der Waals surface area contributed by atoms with Gasteiger partial charge in [-0.2, -0.15) is 0 Å². The highest BCUT2D eigenvalue weighted by Gasteiger charge is 2.35. The van der Waals surface area contributed by atoms with Crippen molar-refractivity contribution in [1.29, 1.82) is 0 Å². The molecule has 150 valence electrons. The second kappa shape index (κ2) is 8.64.